The normalized spacial score (nSPS) is 16.1. The molecule has 2 aromatic rings. The molecule has 30 heavy (non-hydrogen) atoms. The second kappa shape index (κ2) is 9.91. The molecule has 0 radical (unpaired) electrons. The van der Waals surface area contributed by atoms with E-state index in [0.717, 1.165) is 10.0 Å². The van der Waals surface area contributed by atoms with Gasteiger partial charge in [-0.2, -0.15) is 4.31 Å². The van der Waals surface area contributed by atoms with E-state index in [4.69, 9.17) is 9.47 Å². The number of carbonyl (C=O) groups is 1. The van der Waals surface area contributed by atoms with E-state index in [1.165, 1.54) is 10.4 Å². The van der Waals surface area contributed by atoms with Crippen molar-refractivity contribution in [2.24, 2.45) is 0 Å². The minimum absolute atomic E-state index is 0.158. The Hall–Kier alpha value is -1.94. The van der Waals surface area contributed by atoms with Crippen LogP contribution in [0.15, 0.2) is 51.8 Å². The minimum Gasteiger partial charge on any atom is -0.484 e. The van der Waals surface area contributed by atoms with Crippen LogP contribution in [0.5, 0.6) is 5.75 Å². The minimum atomic E-state index is -3.57. The van der Waals surface area contributed by atoms with Crippen LogP contribution in [-0.2, 0) is 19.6 Å². The Morgan fingerprint density at radius 2 is 1.97 bits per heavy atom. The van der Waals surface area contributed by atoms with Crippen LogP contribution in [0, 0.1) is 6.92 Å². The Morgan fingerprint density at radius 1 is 1.23 bits per heavy atom. The molecule has 7 nitrogen and oxygen atoms in total. The molecule has 0 bridgehead atoms. The van der Waals surface area contributed by atoms with Crippen LogP contribution < -0.4 is 10.1 Å². The summed E-state index contributed by atoms with van der Waals surface area (Å²) < 4.78 is 38.7. The third-order valence-electron chi connectivity index (χ3n) is 4.84. The first-order valence-electron chi connectivity index (χ1n) is 9.63. The third kappa shape index (κ3) is 5.60. The number of benzene rings is 2. The first kappa shape index (κ1) is 22.7. The summed E-state index contributed by atoms with van der Waals surface area (Å²) in [4.78, 5) is 12.5. The molecule has 2 aromatic carbocycles. The van der Waals surface area contributed by atoms with Crippen LogP contribution in [-0.4, -0.2) is 51.5 Å². The molecule has 0 aliphatic carbocycles. The summed E-state index contributed by atoms with van der Waals surface area (Å²) in [5.74, 6) is 0.216. The van der Waals surface area contributed by atoms with Gasteiger partial charge < -0.3 is 14.8 Å². The fourth-order valence-corrected chi connectivity index (χ4v) is 5.08. The molecule has 0 saturated carbocycles. The molecule has 1 heterocycles. The molecular weight excluding hydrogens is 472 g/mol. The Labute approximate surface area is 185 Å². The summed E-state index contributed by atoms with van der Waals surface area (Å²) in [6.07, 6.45) is 0. The topological polar surface area (TPSA) is 84.9 Å². The number of amides is 1. The van der Waals surface area contributed by atoms with Gasteiger partial charge in [-0.15, -0.1) is 0 Å². The van der Waals surface area contributed by atoms with E-state index < -0.39 is 10.0 Å². The van der Waals surface area contributed by atoms with Crippen molar-refractivity contribution in [3.05, 3.63) is 58.1 Å². The molecule has 0 spiro atoms. The van der Waals surface area contributed by atoms with Gasteiger partial charge in [-0.1, -0.05) is 28.1 Å². The van der Waals surface area contributed by atoms with Crippen LogP contribution in [0.1, 0.15) is 24.1 Å². The highest BCUT2D eigenvalue weighted by Crippen LogP contribution is 2.25. The first-order chi connectivity index (χ1) is 14.3. The second-order valence-electron chi connectivity index (χ2n) is 7.08. The monoisotopic (exact) mass is 496 g/mol. The molecule has 0 unspecified atom stereocenters. The van der Waals surface area contributed by atoms with Crippen molar-refractivity contribution in [1.82, 2.24) is 9.62 Å². The number of halogens is 1. The van der Waals surface area contributed by atoms with Crippen molar-refractivity contribution in [2.75, 3.05) is 32.9 Å². The number of rotatable bonds is 7. The molecule has 1 aliphatic heterocycles. The van der Waals surface area contributed by atoms with E-state index in [1.54, 1.807) is 19.1 Å². The second-order valence-corrected chi connectivity index (χ2v) is 9.93. The maximum atomic E-state index is 12.8. The fourth-order valence-electron chi connectivity index (χ4n) is 3.17. The molecule has 0 aromatic heterocycles. The van der Waals surface area contributed by atoms with Gasteiger partial charge in [0.05, 0.1) is 24.2 Å². The van der Waals surface area contributed by atoms with Crippen LogP contribution in [0.2, 0.25) is 0 Å². The summed E-state index contributed by atoms with van der Waals surface area (Å²) in [7, 11) is -3.57. The Kier molecular flexibility index (Phi) is 7.51. The zero-order valence-corrected chi connectivity index (χ0v) is 19.3. The average molecular weight is 497 g/mol. The zero-order chi connectivity index (χ0) is 21.7. The maximum Gasteiger partial charge on any atom is 0.258 e. The lowest BCUT2D eigenvalue weighted by Crippen LogP contribution is -2.40. The number of hydrogen-bond acceptors (Lipinski definition) is 5. The SMILES string of the molecule is Cc1cc(S(=O)(=O)N2CCOCC2)ccc1OCC(=O)N[C@H](C)c1cccc(Br)c1. The van der Waals surface area contributed by atoms with E-state index >= 15 is 0 Å². The van der Waals surface area contributed by atoms with Gasteiger partial charge in [0, 0.05) is 17.6 Å². The maximum absolute atomic E-state index is 12.8. The Balaban J connectivity index is 1.60. The standard InChI is InChI=1S/C21H25BrN2O5S/c1-15-12-19(30(26,27)24-8-10-28-11-9-24)6-7-20(15)29-14-21(25)23-16(2)17-4-3-5-18(22)13-17/h3-7,12-13,16H,8-11,14H2,1-2H3,(H,23,25)/t16-/m1/s1. The lowest BCUT2D eigenvalue weighted by Gasteiger charge is -2.26. The number of aryl methyl sites for hydroxylation is 1. The number of sulfonamides is 1. The van der Waals surface area contributed by atoms with Crippen LogP contribution in [0.3, 0.4) is 0 Å². The number of ether oxygens (including phenoxy) is 2. The number of morpholine rings is 1. The molecule has 1 fully saturated rings. The molecule has 9 heteroatoms. The fraction of sp³-hybridized carbons (Fsp3) is 0.381. The summed E-state index contributed by atoms with van der Waals surface area (Å²) in [6.45, 7) is 4.98. The molecular formula is C21H25BrN2O5S. The first-order valence-corrected chi connectivity index (χ1v) is 11.9. The Morgan fingerprint density at radius 3 is 2.63 bits per heavy atom. The van der Waals surface area contributed by atoms with E-state index in [2.05, 4.69) is 21.2 Å². The predicted octanol–water partition coefficient (Wildman–Crippen LogP) is 3.03. The lowest BCUT2D eigenvalue weighted by molar-refractivity contribution is -0.123. The predicted molar refractivity (Wildman–Crippen MR) is 117 cm³/mol. The summed E-state index contributed by atoms with van der Waals surface area (Å²) in [6, 6.07) is 12.2. The summed E-state index contributed by atoms with van der Waals surface area (Å²) in [5.41, 5.74) is 1.63. The molecule has 3 rings (SSSR count). The Bertz CT molecular complexity index is 1010. The highest BCUT2D eigenvalue weighted by Gasteiger charge is 2.26. The summed E-state index contributed by atoms with van der Waals surface area (Å²) in [5, 5.41) is 2.89. The smallest absolute Gasteiger partial charge is 0.258 e. The van der Waals surface area contributed by atoms with Gasteiger partial charge in [0.15, 0.2) is 6.61 Å². The van der Waals surface area contributed by atoms with Gasteiger partial charge in [0.2, 0.25) is 10.0 Å². The van der Waals surface area contributed by atoms with Gasteiger partial charge >= 0.3 is 0 Å². The molecule has 1 aliphatic rings. The van der Waals surface area contributed by atoms with Gasteiger partial charge in [-0.25, -0.2) is 8.42 Å². The largest absolute Gasteiger partial charge is 0.484 e. The molecule has 1 amide bonds. The molecule has 162 valence electrons. The highest BCUT2D eigenvalue weighted by atomic mass is 79.9. The van der Waals surface area contributed by atoms with Crippen LogP contribution >= 0.6 is 15.9 Å². The van der Waals surface area contributed by atoms with Crippen LogP contribution in [0.4, 0.5) is 0 Å². The third-order valence-corrected chi connectivity index (χ3v) is 7.23. The molecule has 1 atom stereocenters. The molecule has 1 saturated heterocycles. The summed E-state index contributed by atoms with van der Waals surface area (Å²) >= 11 is 3.42. The van der Waals surface area contributed by atoms with Gasteiger partial charge in [0.1, 0.15) is 5.75 Å². The average Bonchev–Trinajstić information content (AvgIpc) is 2.73. The number of carbonyl (C=O) groups excluding carboxylic acids is 1. The quantitative estimate of drug-likeness (QED) is 0.636. The lowest BCUT2D eigenvalue weighted by atomic mass is 10.1. The number of nitrogens with one attached hydrogen (secondary N) is 1. The van der Waals surface area contributed by atoms with Crippen LogP contribution in [0.25, 0.3) is 0 Å². The van der Waals surface area contributed by atoms with Gasteiger partial charge in [-0.05, 0) is 55.3 Å². The van der Waals surface area contributed by atoms with E-state index in [0.29, 0.717) is 37.6 Å². The highest BCUT2D eigenvalue weighted by molar-refractivity contribution is 9.10. The van der Waals surface area contributed by atoms with E-state index in [-0.39, 0.29) is 23.5 Å². The van der Waals surface area contributed by atoms with E-state index in [1.807, 2.05) is 31.2 Å². The van der Waals surface area contributed by atoms with Crippen molar-refractivity contribution >= 4 is 31.9 Å². The zero-order valence-electron chi connectivity index (χ0n) is 16.9. The molecule has 1 N–H and O–H groups in total. The van der Waals surface area contributed by atoms with E-state index in [9.17, 15) is 13.2 Å². The van der Waals surface area contributed by atoms with Gasteiger partial charge in [0.25, 0.3) is 5.91 Å². The number of nitrogens with zero attached hydrogens (tertiary/aromatic N) is 1. The van der Waals surface area contributed by atoms with Crippen molar-refractivity contribution in [2.45, 2.75) is 24.8 Å². The van der Waals surface area contributed by atoms with Crippen molar-refractivity contribution in [3.63, 3.8) is 0 Å². The van der Waals surface area contributed by atoms with Crippen molar-refractivity contribution < 1.29 is 22.7 Å². The van der Waals surface area contributed by atoms with Crippen molar-refractivity contribution in [3.8, 4) is 5.75 Å². The van der Waals surface area contributed by atoms with Crippen molar-refractivity contribution in [1.29, 1.82) is 0 Å². The van der Waals surface area contributed by atoms with Gasteiger partial charge in [-0.3, -0.25) is 4.79 Å². The number of hydrogen-bond donors (Lipinski definition) is 1.